The summed E-state index contributed by atoms with van der Waals surface area (Å²) in [4.78, 5) is 5.27. The highest BCUT2D eigenvalue weighted by atomic mass is 14.7. The average Bonchev–Trinajstić information content (AvgIpc) is 3.68. The minimum atomic E-state index is -0.360. The Morgan fingerprint density at radius 2 is 0.765 bits per heavy atom. The van der Waals surface area contributed by atoms with Gasteiger partial charge in [0.25, 0.3) is 0 Å². The van der Waals surface area contributed by atoms with E-state index >= 15 is 0 Å². The largest absolute Gasteiger partial charge is 0.256 e. The van der Waals surface area contributed by atoms with Crippen molar-refractivity contribution in [2.75, 3.05) is 0 Å². The number of hydrogen-bond acceptors (Lipinski definition) is 1. The molecule has 51 heavy (non-hydrogen) atoms. The highest BCUT2D eigenvalue weighted by Crippen LogP contribution is 2.63. The molecule has 2 aliphatic rings. The quantitative estimate of drug-likeness (QED) is 0.174. The van der Waals surface area contributed by atoms with Gasteiger partial charge in [0.15, 0.2) is 0 Å². The molecule has 0 bridgehead atoms. The summed E-state index contributed by atoms with van der Waals surface area (Å²) in [6.45, 7) is 0. The van der Waals surface area contributed by atoms with Gasteiger partial charge in [-0.1, -0.05) is 176 Å². The Kier molecular flexibility index (Phi) is 5.94. The van der Waals surface area contributed by atoms with Crippen LogP contribution >= 0.6 is 0 Å². The molecular formula is C50H31N. The van der Waals surface area contributed by atoms with Crippen molar-refractivity contribution in [3.63, 3.8) is 0 Å². The summed E-state index contributed by atoms with van der Waals surface area (Å²) in [5.41, 5.74) is 17.3. The second-order valence-corrected chi connectivity index (χ2v) is 13.8. The first kappa shape index (κ1) is 28.3. The van der Waals surface area contributed by atoms with Crippen molar-refractivity contribution < 1.29 is 0 Å². The van der Waals surface area contributed by atoms with Gasteiger partial charge in [0.2, 0.25) is 0 Å². The maximum Gasteiger partial charge on any atom is 0.0725 e. The van der Waals surface area contributed by atoms with Gasteiger partial charge in [0.1, 0.15) is 0 Å². The number of hydrogen-bond donors (Lipinski definition) is 0. The fourth-order valence-electron chi connectivity index (χ4n) is 9.41. The molecule has 0 unspecified atom stereocenters. The highest BCUT2D eigenvalue weighted by molar-refractivity contribution is 6.21. The van der Waals surface area contributed by atoms with Crippen LogP contribution in [0.15, 0.2) is 188 Å². The lowest BCUT2D eigenvalue weighted by Crippen LogP contribution is -2.25. The molecule has 1 heteroatoms. The fourth-order valence-corrected chi connectivity index (χ4v) is 9.41. The zero-order valence-corrected chi connectivity index (χ0v) is 27.8. The number of benzene rings is 8. The Morgan fingerprint density at radius 3 is 1.35 bits per heavy atom. The number of nitrogens with zero attached hydrogens (tertiary/aromatic N) is 1. The third kappa shape index (κ3) is 3.78. The normalized spacial score (nSPS) is 13.3. The molecule has 11 rings (SSSR count). The second kappa shape index (κ2) is 10.7. The van der Waals surface area contributed by atoms with Crippen LogP contribution in [0.3, 0.4) is 0 Å². The Labute approximate surface area is 297 Å². The third-order valence-electron chi connectivity index (χ3n) is 11.3. The molecule has 8 aromatic carbocycles. The number of rotatable bonds is 3. The Balaban J connectivity index is 1.12. The van der Waals surface area contributed by atoms with Crippen molar-refractivity contribution in [2.45, 2.75) is 5.41 Å². The molecule has 0 N–H and O–H groups in total. The smallest absolute Gasteiger partial charge is 0.0725 e. The van der Waals surface area contributed by atoms with Crippen LogP contribution in [-0.4, -0.2) is 4.98 Å². The van der Waals surface area contributed by atoms with Gasteiger partial charge >= 0.3 is 0 Å². The van der Waals surface area contributed by atoms with Gasteiger partial charge in [0, 0.05) is 17.3 Å². The van der Waals surface area contributed by atoms with Crippen LogP contribution in [0.5, 0.6) is 0 Å². The zero-order chi connectivity index (χ0) is 33.5. The van der Waals surface area contributed by atoms with Gasteiger partial charge in [-0.05, 0) is 88.8 Å². The third-order valence-corrected chi connectivity index (χ3v) is 11.3. The van der Waals surface area contributed by atoms with Crippen LogP contribution in [-0.2, 0) is 5.41 Å². The van der Waals surface area contributed by atoms with Gasteiger partial charge in [-0.25, -0.2) is 0 Å². The summed E-state index contributed by atoms with van der Waals surface area (Å²) in [5.74, 6) is 0. The summed E-state index contributed by atoms with van der Waals surface area (Å²) < 4.78 is 0. The van der Waals surface area contributed by atoms with Crippen LogP contribution in [0.2, 0.25) is 0 Å². The van der Waals surface area contributed by atoms with Crippen LogP contribution < -0.4 is 0 Å². The van der Waals surface area contributed by atoms with E-state index in [1.165, 1.54) is 88.3 Å². The van der Waals surface area contributed by atoms with Crippen molar-refractivity contribution in [1.82, 2.24) is 4.98 Å². The van der Waals surface area contributed by atoms with Crippen LogP contribution in [0, 0.1) is 0 Å². The summed E-state index contributed by atoms with van der Waals surface area (Å²) in [7, 11) is 0. The molecule has 1 nitrogen and oxygen atoms in total. The minimum Gasteiger partial charge on any atom is -0.256 e. The predicted octanol–water partition coefficient (Wildman–Crippen LogP) is 12.7. The molecule has 1 aromatic heterocycles. The maximum absolute atomic E-state index is 5.27. The Morgan fingerprint density at radius 1 is 0.294 bits per heavy atom. The standard InChI is InChI=1S/C50H31N/c1-2-15-32(16-3-1)47-37-19-4-6-21-39(37)49(40-22-7-5-20-38(40)47)46-30-29-33(31-51-46)34-24-14-28-45-48(34)41-23-10-13-27-44(41)50(45)42-25-11-8-17-35(42)36-18-9-12-26-43(36)50/h1-31H. The van der Waals surface area contributed by atoms with Crippen LogP contribution in [0.1, 0.15) is 22.3 Å². The van der Waals surface area contributed by atoms with E-state index in [0.717, 1.165) is 11.3 Å². The van der Waals surface area contributed by atoms with Crippen LogP contribution in [0.25, 0.3) is 77.3 Å². The lowest BCUT2D eigenvalue weighted by Gasteiger charge is -2.30. The molecule has 2 aliphatic carbocycles. The first-order chi connectivity index (χ1) is 25.3. The van der Waals surface area contributed by atoms with E-state index in [2.05, 4.69) is 188 Å². The molecule has 236 valence electrons. The SMILES string of the molecule is c1ccc(-c2c3ccccc3c(-c3ccc(-c4cccc5c4-c4ccccc4C54c5ccccc5-c5ccccc54)cn3)c3ccccc23)cc1. The number of aromatic nitrogens is 1. The molecule has 1 spiro atoms. The molecule has 0 amide bonds. The molecule has 1 heterocycles. The molecule has 0 aliphatic heterocycles. The molecule has 0 saturated heterocycles. The van der Waals surface area contributed by atoms with E-state index in [9.17, 15) is 0 Å². The monoisotopic (exact) mass is 645 g/mol. The summed E-state index contributed by atoms with van der Waals surface area (Å²) in [5, 5.41) is 4.90. The van der Waals surface area contributed by atoms with Crippen molar-refractivity contribution >= 4 is 21.5 Å². The predicted molar refractivity (Wildman–Crippen MR) is 212 cm³/mol. The summed E-state index contributed by atoms with van der Waals surface area (Å²) in [6, 6.07) is 66.7. The lowest BCUT2D eigenvalue weighted by atomic mass is 9.70. The summed E-state index contributed by atoms with van der Waals surface area (Å²) in [6.07, 6.45) is 2.09. The lowest BCUT2D eigenvalue weighted by molar-refractivity contribution is 0.794. The van der Waals surface area contributed by atoms with Gasteiger partial charge in [-0.3, -0.25) is 4.98 Å². The van der Waals surface area contributed by atoms with E-state index in [4.69, 9.17) is 4.98 Å². The van der Waals surface area contributed by atoms with Crippen LogP contribution in [0.4, 0.5) is 0 Å². The van der Waals surface area contributed by atoms with E-state index in [1.54, 1.807) is 0 Å². The van der Waals surface area contributed by atoms with Gasteiger partial charge in [0.05, 0.1) is 11.1 Å². The van der Waals surface area contributed by atoms with E-state index < -0.39 is 0 Å². The molecular weight excluding hydrogens is 615 g/mol. The van der Waals surface area contributed by atoms with Crippen molar-refractivity contribution in [3.05, 3.63) is 210 Å². The van der Waals surface area contributed by atoms with Crippen molar-refractivity contribution in [2.24, 2.45) is 0 Å². The Bertz CT molecular complexity index is 2740. The molecule has 9 aromatic rings. The van der Waals surface area contributed by atoms with Crippen molar-refractivity contribution in [3.8, 4) is 55.8 Å². The first-order valence-electron chi connectivity index (χ1n) is 17.7. The van der Waals surface area contributed by atoms with Crippen molar-refractivity contribution in [1.29, 1.82) is 0 Å². The van der Waals surface area contributed by atoms with Gasteiger partial charge in [-0.15, -0.1) is 0 Å². The minimum absolute atomic E-state index is 0.360. The van der Waals surface area contributed by atoms with E-state index in [1.807, 2.05) is 0 Å². The summed E-state index contributed by atoms with van der Waals surface area (Å²) >= 11 is 0. The van der Waals surface area contributed by atoms with E-state index in [0.29, 0.717) is 0 Å². The first-order valence-corrected chi connectivity index (χ1v) is 17.7. The Hall–Kier alpha value is -6.57. The van der Waals surface area contributed by atoms with E-state index in [-0.39, 0.29) is 5.41 Å². The molecule has 0 saturated carbocycles. The topological polar surface area (TPSA) is 12.9 Å². The second-order valence-electron chi connectivity index (χ2n) is 13.8. The number of fused-ring (bicyclic) bond motifs is 12. The maximum atomic E-state index is 5.27. The highest BCUT2D eigenvalue weighted by Gasteiger charge is 2.51. The zero-order valence-electron chi connectivity index (χ0n) is 27.8. The molecule has 0 atom stereocenters. The van der Waals surface area contributed by atoms with Gasteiger partial charge in [-0.2, -0.15) is 0 Å². The average molecular weight is 646 g/mol. The van der Waals surface area contributed by atoms with Gasteiger partial charge < -0.3 is 0 Å². The fraction of sp³-hybridized carbons (Fsp3) is 0.0200. The molecule has 0 radical (unpaired) electrons. The molecule has 0 fully saturated rings. The number of pyridine rings is 1.